The van der Waals surface area contributed by atoms with Gasteiger partial charge in [-0.3, -0.25) is 9.67 Å². The summed E-state index contributed by atoms with van der Waals surface area (Å²) in [4.78, 5) is 8.21. The summed E-state index contributed by atoms with van der Waals surface area (Å²) in [6.07, 6.45) is 5.06. The zero-order valence-corrected chi connectivity index (χ0v) is 9.67. The van der Waals surface area contributed by atoms with Gasteiger partial charge in [0.2, 0.25) is 0 Å². The fraction of sp³-hybridized carbons (Fsp3) is 0.0833. The van der Waals surface area contributed by atoms with Crippen LogP contribution in [0.25, 0.3) is 10.9 Å². The standard InChI is InChI=1S/C12H9ClN4/c13-12-7-14-10(6-15-12)8-17-11-4-2-1-3-9(11)5-16-17/h1-7H,8H2. The van der Waals surface area contributed by atoms with Crippen molar-refractivity contribution in [3.8, 4) is 0 Å². The summed E-state index contributed by atoms with van der Waals surface area (Å²) in [5.41, 5.74) is 1.92. The first-order valence-electron chi connectivity index (χ1n) is 5.20. The van der Waals surface area contributed by atoms with E-state index >= 15 is 0 Å². The lowest BCUT2D eigenvalue weighted by molar-refractivity contribution is 0.693. The van der Waals surface area contributed by atoms with Crippen molar-refractivity contribution in [1.82, 2.24) is 19.7 Å². The highest BCUT2D eigenvalue weighted by Crippen LogP contribution is 2.13. The van der Waals surface area contributed by atoms with E-state index < -0.39 is 0 Å². The van der Waals surface area contributed by atoms with Gasteiger partial charge in [0.1, 0.15) is 5.15 Å². The Morgan fingerprint density at radius 3 is 2.76 bits per heavy atom. The third-order valence-electron chi connectivity index (χ3n) is 2.54. The molecular formula is C12H9ClN4. The lowest BCUT2D eigenvalue weighted by Crippen LogP contribution is -2.03. The van der Waals surface area contributed by atoms with Crippen molar-refractivity contribution in [2.24, 2.45) is 0 Å². The number of hydrogen-bond acceptors (Lipinski definition) is 3. The molecule has 3 rings (SSSR count). The van der Waals surface area contributed by atoms with Gasteiger partial charge in [-0.25, -0.2) is 4.98 Å². The van der Waals surface area contributed by atoms with Gasteiger partial charge in [-0.2, -0.15) is 5.10 Å². The number of nitrogens with zero attached hydrogens (tertiary/aromatic N) is 4. The van der Waals surface area contributed by atoms with Crippen molar-refractivity contribution < 1.29 is 0 Å². The van der Waals surface area contributed by atoms with E-state index in [1.165, 1.54) is 0 Å². The van der Waals surface area contributed by atoms with Crippen molar-refractivity contribution in [3.63, 3.8) is 0 Å². The average Bonchev–Trinajstić information content (AvgIpc) is 2.76. The van der Waals surface area contributed by atoms with Crippen LogP contribution in [0.15, 0.2) is 42.9 Å². The second kappa shape index (κ2) is 4.14. The Morgan fingerprint density at radius 1 is 1.06 bits per heavy atom. The van der Waals surface area contributed by atoms with Crippen molar-refractivity contribution in [1.29, 1.82) is 0 Å². The molecule has 4 nitrogen and oxygen atoms in total. The third kappa shape index (κ3) is 1.99. The molecule has 0 radical (unpaired) electrons. The Bertz CT molecular complexity index is 645. The molecule has 0 aliphatic rings. The Balaban J connectivity index is 1.97. The van der Waals surface area contributed by atoms with Gasteiger partial charge in [0.15, 0.2) is 0 Å². The molecular weight excluding hydrogens is 236 g/mol. The number of halogens is 1. The molecule has 0 aliphatic carbocycles. The minimum atomic E-state index is 0.402. The predicted molar refractivity (Wildman–Crippen MR) is 65.9 cm³/mol. The quantitative estimate of drug-likeness (QED) is 0.696. The van der Waals surface area contributed by atoms with Gasteiger partial charge in [-0.1, -0.05) is 29.8 Å². The first-order valence-corrected chi connectivity index (χ1v) is 5.58. The summed E-state index contributed by atoms with van der Waals surface area (Å²) in [7, 11) is 0. The van der Waals surface area contributed by atoms with Gasteiger partial charge in [0.05, 0.1) is 36.3 Å². The zero-order valence-electron chi connectivity index (χ0n) is 8.92. The van der Waals surface area contributed by atoms with Gasteiger partial charge in [-0.05, 0) is 6.07 Å². The van der Waals surface area contributed by atoms with Crippen LogP contribution in [0.2, 0.25) is 5.15 Å². The molecule has 0 saturated heterocycles. The number of fused-ring (bicyclic) bond motifs is 1. The second-order valence-electron chi connectivity index (χ2n) is 3.69. The summed E-state index contributed by atoms with van der Waals surface area (Å²) >= 11 is 5.69. The summed E-state index contributed by atoms with van der Waals surface area (Å²) in [6, 6.07) is 8.06. The average molecular weight is 245 g/mol. The molecule has 0 spiro atoms. The Hall–Kier alpha value is -1.94. The molecule has 2 aromatic heterocycles. The number of benzene rings is 1. The maximum absolute atomic E-state index is 5.69. The van der Waals surface area contributed by atoms with E-state index in [2.05, 4.69) is 15.1 Å². The van der Waals surface area contributed by atoms with Crippen molar-refractivity contribution in [2.75, 3.05) is 0 Å². The Labute approximate surface area is 103 Å². The maximum Gasteiger partial charge on any atom is 0.147 e. The van der Waals surface area contributed by atoms with Crippen LogP contribution >= 0.6 is 11.6 Å². The lowest BCUT2D eigenvalue weighted by Gasteiger charge is -2.02. The van der Waals surface area contributed by atoms with Crippen LogP contribution in [0.1, 0.15) is 5.69 Å². The van der Waals surface area contributed by atoms with Crippen LogP contribution in [-0.4, -0.2) is 19.7 Å². The van der Waals surface area contributed by atoms with Crippen LogP contribution in [0.3, 0.4) is 0 Å². The first-order chi connectivity index (χ1) is 8.33. The van der Waals surface area contributed by atoms with Crippen LogP contribution in [-0.2, 0) is 6.54 Å². The van der Waals surface area contributed by atoms with Crippen LogP contribution < -0.4 is 0 Å². The van der Waals surface area contributed by atoms with E-state index in [1.807, 2.05) is 35.1 Å². The number of hydrogen-bond donors (Lipinski definition) is 0. The summed E-state index contributed by atoms with van der Waals surface area (Å²) in [5.74, 6) is 0. The molecule has 3 aromatic rings. The SMILES string of the molecule is Clc1cnc(Cn2ncc3ccccc32)cn1. The molecule has 0 N–H and O–H groups in total. The van der Waals surface area contributed by atoms with Gasteiger partial charge >= 0.3 is 0 Å². The number of para-hydroxylation sites is 1. The van der Waals surface area contributed by atoms with Crippen LogP contribution in [0.5, 0.6) is 0 Å². The minimum absolute atomic E-state index is 0.402. The van der Waals surface area contributed by atoms with Crippen LogP contribution in [0.4, 0.5) is 0 Å². The van der Waals surface area contributed by atoms with E-state index in [0.29, 0.717) is 11.7 Å². The normalized spacial score (nSPS) is 10.9. The van der Waals surface area contributed by atoms with E-state index in [0.717, 1.165) is 16.6 Å². The van der Waals surface area contributed by atoms with Gasteiger partial charge < -0.3 is 0 Å². The summed E-state index contributed by atoms with van der Waals surface area (Å²) in [6.45, 7) is 0.595. The molecule has 2 heterocycles. The minimum Gasteiger partial charge on any atom is -0.259 e. The molecule has 84 valence electrons. The van der Waals surface area contributed by atoms with Gasteiger partial charge in [0, 0.05) is 5.39 Å². The van der Waals surface area contributed by atoms with E-state index in [1.54, 1.807) is 12.4 Å². The van der Waals surface area contributed by atoms with Gasteiger partial charge in [0.25, 0.3) is 0 Å². The zero-order chi connectivity index (χ0) is 11.7. The predicted octanol–water partition coefficient (Wildman–Crippen LogP) is 2.53. The molecule has 0 fully saturated rings. The molecule has 5 heteroatoms. The third-order valence-corrected chi connectivity index (χ3v) is 2.73. The van der Waals surface area contributed by atoms with Crippen LogP contribution in [0, 0.1) is 0 Å². The van der Waals surface area contributed by atoms with Crippen molar-refractivity contribution in [2.45, 2.75) is 6.54 Å². The largest absolute Gasteiger partial charge is 0.259 e. The topological polar surface area (TPSA) is 43.6 Å². The summed E-state index contributed by atoms with van der Waals surface area (Å²) in [5, 5.41) is 5.85. The Kier molecular flexibility index (Phi) is 2.49. The highest BCUT2D eigenvalue weighted by Gasteiger charge is 2.03. The fourth-order valence-electron chi connectivity index (χ4n) is 1.73. The van der Waals surface area contributed by atoms with E-state index in [9.17, 15) is 0 Å². The molecule has 0 saturated carbocycles. The molecule has 0 unspecified atom stereocenters. The maximum atomic E-state index is 5.69. The highest BCUT2D eigenvalue weighted by atomic mass is 35.5. The Morgan fingerprint density at radius 2 is 1.94 bits per heavy atom. The first kappa shape index (κ1) is 10.2. The number of aromatic nitrogens is 4. The van der Waals surface area contributed by atoms with Crippen molar-refractivity contribution in [3.05, 3.63) is 53.7 Å². The number of rotatable bonds is 2. The molecule has 0 amide bonds. The lowest BCUT2D eigenvalue weighted by atomic mass is 10.2. The van der Waals surface area contributed by atoms with E-state index in [4.69, 9.17) is 11.6 Å². The van der Waals surface area contributed by atoms with E-state index in [-0.39, 0.29) is 0 Å². The summed E-state index contributed by atoms with van der Waals surface area (Å²) < 4.78 is 1.90. The fourth-order valence-corrected chi connectivity index (χ4v) is 1.82. The molecule has 0 aliphatic heterocycles. The highest BCUT2D eigenvalue weighted by molar-refractivity contribution is 6.29. The van der Waals surface area contributed by atoms with Gasteiger partial charge in [-0.15, -0.1) is 0 Å². The molecule has 17 heavy (non-hydrogen) atoms. The molecule has 0 atom stereocenters. The smallest absolute Gasteiger partial charge is 0.147 e. The molecule has 0 bridgehead atoms. The second-order valence-corrected chi connectivity index (χ2v) is 4.08. The van der Waals surface area contributed by atoms with Crippen molar-refractivity contribution >= 4 is 22.5 Å². The monoisotopic (exact) mass is 244 g/mol. The molecule has 1 aromatic carbocycles.